The number of benzene rings is 3. The Hall–Kier alpha value is -4.32. The first-order chi connectivity index (χ1) is 14.8. The van der Waals surface area contributed by atoms with Gasteiger partial charge in [0.15, 0.2) is 16.9 Å². The standard InChI is InChI=1S/C24H12N6/c1-4-13-10-25-23-18-9-3-6-15-12-27-24(30-21(15)18)17-8-2-5-14-11-26-22(29-20(14)17)16(7-1)19(13)28-23/h1-12H. The Morgan fingerprint density at radius 3 is 1.07 bits per heavy atom. The average molecular weight is 384 g/mol. The van der Waals surface area contributed by atoms with Crippen LogP contribution in [0.5, 0.6) is 0 Å². The summed E-state index contributed by atoms with van der Waals surface area (Å²) >= 11 is 0. The smallest absolute Gasteiger partial charge is 0.162 e. The largest absolute Gasteiger partial charge is 0.236 e. The Morgan fingerprint density at radius 2 is 0.733 bits per heavy atom. The van der Waals surface area contributed by atoms with Gasteiger partial charge in [0.2, 0.25) is 0 Å². The third-order valence-corrected chi connectivity index (χ3v) is 5.56. The van der Waals surface area contributed by atoms with E-state index in [1.54, 1.807) is 0 Å². The van der Waals surface area contributed by atoms with Crippen molar-refractivity contribution in [2.24, 2.45) is 0 Å². The molecule has 0 saturated heterocycles. The summed E-state index contributed by atoms with van der Waals surface area (Å²) in [6.07, 6.45) is 5.54. The van der Waals surface area contributed by atoms with E-state index in [4.69, 9.17) is 15.0 Å². The fraction of sp³-hybridized carbons (Fsp3) is 0. The average Bonchev–Trinajstić information content (AvgIpc) is 2.81. The molecule has 0 radical (unpaired) electrons. The van der Waals surface area contributed by atoms with Gasteiger partial charge in [-0.05, 0) is 18.2 Å². The van der Waals surface area contributed by atoms with Gasteiger partial charge in [0, 0.05) is 50.9 Å². The van der Waals surface area contributed by atoms with Crippen molar-refractivity contribution in [3.05, 3.63) is 73.2 Å². The molecule has 0 unspecified atom stereocenters. The number of hydrogen-bond acceptors (Lipinski definition) is 6. The van der Waals surface area contributed by atoms with Crippen molar-refractivity contribution in [3.63, 3.8) is 0 Å². The van der Waals surface area contributed by atoms with Gasteiger partial charge in [-0.1, -0.05) is 36.4 Å². The molecule has 7 aromatic rings. The maximum Gasteiger partial charge on any atom is 0.162 e. The molecule has 7 rings (SSSR count). The van der Waals surface area contributed by atoms with Gasteiger partial charge >= 0.3 is 0 Å². The molecule has 6 bridgehead atoms. The minimum absolute atomic E-state index is 0.625. The summed E-state index contributed by atoms with van der Waals surface area (Å²) in [6.45, 7) is 0. The third kappa shape index (κ3) is 2.07. The monoisotopic (exact) mass is 384 g/mol. The van der Waals surface area contributed by atoms with E-state index >= 15 is 0 Å². The van der Waals surface area contributed by atoms with E-state index in [1.807, 2.05) is 73.2 Å². The molecule has 6 nitrogen and oxygen atoms in total. The van der Waals surface area contributed by atoms with Crippen molar-refractivity contribution < 1.29 is 0 Å². The second-order valence-corrected chi connectivity index (χ2v) is 7.31. The molecule has 0 spiro atoms. The van der Waals surface area contributed by atoms with Crippen LogP contribution in [0.15, 0.2) is 73.2 Å². The van der Waals surface area contributed by atoms with Gasteiger partial charge in [0.25, 0.3) is 0 Å². The zero-order chi connectivity index (χ0) is 19.7. The Kier molecular flexibility index (Phi) is 2.91. The second-order valence-electron chi connectivity index (χ2n) is 7.31. The lowest BCUT2D eigenvalue weighted by Gasteiger charge is -2.06. The highest BCUT2D eigenvalue weighted by atomic mass is 14.9. The molecule has 0 atom stereocenters. The van der Waals surface area contributed by atoms with E-state index in [1.165, 1.54) is 0 Å². The van der Waals surface area contributed by atoms with Crippen LogP contribution < -0.4 is 0 Å². The van der Waals surface area contributed by atoms with Gasteiger partial charge in [-0.25, -0.2) is 29.9 Å². The highest BCUT2D eigenvalue weighted by molar-refractivity contribution is 6.09. The predicted octanol–water partition coefficient (Wildman–Crippen LogP) is 4.98. The molecule has 0 fully saturated rings. The summed E-state index contributed by atoms with van der Waals surface area (Å²) in [5.41, 5.74) is 4.35. The molecule has 4 heterocycles. The van der Waals surface area contributed by atoms with Crippen molar-refractivity contribution in [3.8, 4) is 0 Å². The SMILES string of the molecule is c1cc2cnc3nc2c(c1)c1ncc2cccc(c4ncc5cccc3c5n4)c2n1. The molecule has 0 aliphatic carbocycles. The van der Waals surface area contributed by atoms with Crippen LogP contribution in [0.3, 0.4) is 0 Å². The molecule has 0 aliphatic rings. The van der Waals surface area contributed by atoms with Crippen LogP contribution in [-0.4, -0.2) is 29.9 Å². The summed E-state index contributed by atoms with van der Waals surface area (Å²) in [6, 6.07) is 18.0. The highest BCUT2D eigenvalue weighted by Crippen LogP contribution is 2.27. The number of hydrogen-bond donors (Lipinski definition) is 0. The summed E-state index contributed by atoms with van der Waals surface area (Å²) in [5, 5.41) is 5.48. The minimum Gasteiger partial charge on any atom is -0.236 e. The Morgan fingerprint density at radius 1 is 0.400 bits per heavy atom. The van der Waals surface area contributed by atoms with Gasteiger partial charge in [0.05, 0.1) is 16.6 Å². The normalized spacial score (nSPS) is 12.0. The molecule has 6 heteroatoms. The molecule has 0 aliphatic heterocycles. The lowest BCUT2D eigenvalue weighted by Crippen LogP contribution is -1.93. The van der Waals surface area contributed by atoms with Crippen LogP contribution in [0.4, 0.5) is 0 Å². The van der Waals surface area contributed by atoms with Gasteiger partial charge in [-0.3, -0.25) is 0 Å². The van der Waals surface area contributed by atoms with Crippen LogP contribution in [0.25, 0.3) is 65.8 Å². The summed E-state index contributed by atoms with van der Waals surface area (Å²) in [7, 11) is 0. The lowest BCUT2D eigenvalue weighted by atomic mass is 10.1. The summed E-state index contributed by atoms with van der Waals surface area (Å²) in [5.74, 6) is 0. The number of rotatable bonds is 0. The van der Waals surface area contributed by atoms with Gasteiger partial charge in [0.1, 0.15) is 0 Å². The maximum atomic E-state index is 4.92. The van der Waals surface area contributed by atoms with Crippen LogP contribution in [0, 0.1) is 0 Å². The van der Waals surface area contributed by atoms with E-state index in [0.29, 0.717) is 16.9 Å². The Balaban J connectivity index is 1.90. The first-order valence-electron chi connectivity index (χ1n) is 9.64. The van der Waals surface area contributed by atoms with Crippen LogP contribution in [0.1, 0.15) is 0 Å². The predicted molar refractivity (Wildman–Crippen MR) is 118 cm³/mol. The number of nitrogens with zero attached hydrogens (tertiary/aromatic N) is 6. The Bertz CT molecular complexity index is 1600. The third-order valence-electron chi connectivity index (χ3n) is 5.56. The van der Waals surface area contributed by atoms with E-state index < -0.39 is 0 Å². The van der Waals surface area contributed by atoms with Crippen molar-refractivity contribution in [2.75, 3.05) is 0 Å². The molecule has 0 saturated carbocycles. The van der Waals surface area contributed by atoms with E-state index in [0.717, 1.165) is 48.9 Å². The molecule has 0 N–H and O–H groups in total. The number of fused-ring (bicyclic) bond motifs is 6. The van der Waals surface area contributed by atoms with Crippen molar-refractivity contribution in [1.29, 1.82) is 0 Å². The first kappa shape index (κ1) is 15.6. The molecule has 30 heavy (non-hydrogen) atoms. The molecule has 138 valence electrons. The van der Waals surface area contributed by atoms with Crippen molar-refractivity contribution >= 4 is 65.8 Å². The van der Waals surface area contributed by atoms with Gasteiger partial charge < -0.3 is 0 Å². The number of aromatic nitrogens is 6. The maximum absolute atomic E-state index is 4.92. The van der Waals surface area contributed by atoms with Crippen LogP contribution in [-0.2, 0) is 0 Å². The van der Waals surface area contributed by atoms with Gasteiger partial charge in [-0.2, -0.15) is 0 Å². The second kappa shape index (κ2) is 5.61. The molecular formula is C24H12N6. The zero-order valence-corrected chi connectivity index (χ0v) is 15.6. The molecule has 0 amide bonds. The van der Waals surface area contributed by atoms with E-state index in [-0.39, 0.29) is 0 Å². The fourth-order valence-electron chi connectivity index (χ4n) is 4.10. The molecular weight excluding hydrogens is 372 g/mol. The van der Waals surface area contributed by atoms with Crippen LogP contribution >= 0.6 is 0 Å². The fourth-order valence-corrected chi connectivity index (χ4v) is 4.10. The quantitative estimate of drug-likeness (QED) is 0.367. The topological polar surface area (TPSA) is 77.3 Å². The van der Waals surface area contributed by atoms with Crippen molar-refractivity contribution in [2.45, 2.75) is 0 Å². The lowest BCUT2D eigenvalue weighted by molar-refractivity contribution is 1.30. The highest BCUT2D eigenvalue weighted by Gasteiger charge is 2.10. The summed E-state index contributed by atoms with van der Waals surface area (Å²) < 4.78 is 0. The van der Waals surface area contributed by atoms with Crippen LogP contribution in [0.2, 0.25) is 0 Å². The Labute approximate surface area is 169 Å². The van der Waals surface area contributed by atoms with E-state index in [2.05, 4.69) is 15.0 Å². The van der Waals surface area contributed by atoms with Crippen molar-refractivity contribution in [1.82, 2.24) is 29.9 Å². The van der Waals surface area contributed by atoms with E-state index in [9.17, 15) is 0 Å². The van der Waals surface area contributed by atoms with Gasteiger partial charge in [-0.15, -0.1) is 0 Å². The molecule has 3 aromatic carbocycles. The summed E-state index contributed by atoms with van der Waals surface area (Å²) in [4.78, 5) is 28.7. The molecule has 4 aromatic heterocycles. The first-order valence-corrected chi connectivity index (χ1v) is 9.64. The number of para-hydroxylation sites is 3. The minimum atomic E-state index is 0.625. The zero-order valence-electron chi connectivity index (χ0n) is 15.6.